The van der Waals surface area contributed by atoms with Gasteiger partial charge < -0.3 is 19.9 Å². The summed E-state index contributed by atoms with van der Waals surface area (Å²) >= 11 is 0. The maximum absolute atomic E-state index is 13.0. The number of halogens is 3. The molecule has 2 rings (SSSR count). The van der Waals surface area contributed by atoms with Crippen LogP contribution in [-0.4, -0.2) is 18.9 Å². The molecule has 1 aromatic carbocycles. The number of nitrogens with two attached hydrogens (primary N) is 1. The first-order valence-electron chi connectivity index (χ1n) is 5.73. The predicted molar refractivity (Wildman–Crippen MR) is 68.1 cm³/mol. The average Bonchev–Trinajstić information content (AvgIpc) is 2.62. The van der Waals surface area contributed by atoms with E-state index in [-0.39, 0.29) is 42.5 Å². The lowest BCUT2D eigenvalue weighted by Gasteiger charge is -2.13. The zero-order chi connectivity index (χ0) is 14.0. The molecule has 1 atom stereocenters. The number of benzene rings is 1. The monoisotopic (exact) mass is 309 g/mol. The summed E-state index contributed by atoms with van der Waals surface area (Å²) in [6, 6.07) is 3.56. The Labute approximate surface area is 120 Å². The molecule has 0 saturated heterocycles. The summed E-state index contributed by atoms with van der Waals surface area (Å²) in [6.07, 6.45) is -3.83. The average molecular weight is 310 g/mol. The van der Waals surface area contributed by atoms with Crippen molar-refractivity contribution in [3.05, 3.63) is 23.8 Å². The van der Waals surface area contributed by atoms with Gasteiger partial charge in [-0.1, -0.05) is 12.1 Å². The van der Waals surface area contributed by atoms with Gasteiger partial charge in [-0.3, -0.25) is 4.79 Å². The molecule has 0 saturated carbocycles. The SMILES string of the molecule is CCOC(=O)C[C@H](N)c1cccc2c1OC(F)(F)O2.Cl. The van der Waals surface area contributed by atoms with Gasteiger partial charge in [0, 0.05) is 11.6 Å². The molecule has 0 aromatic heterocycles. The fourth-order valence-corrected chi connectivity index (χ4v) is 1.79. The maximum Gasteiger partial charge on any atom is 0.586 e. The molecule has 0 bridgehead atoms. The zero-order valence-electron chi connectivity index (χ0n) is 10.6. The summed E-state index contributed by atoms with van der Waals surface area (Å²) in [5, 5.41) is 0. The van der Waals surface area contributed by atoms with Gasteiger partial charge in [0.1, 0.15) is 0 Å². The van der Waals surface area contributed by atoms with Crippen molar-refractivity contribution in [2.45, 2.75) is 25.7 Å². The number of esters is 1. The molecular formula is C12H14ClF2NO4. The first-order valence-corrected chi connectivity index (χ1v) is 5.73. The highest BCUT2D eigenvalue weighted by Gasteiger charge is 2.45. The van der Waals surface area contributed by atoms with Crippen molar-refractivity contribution in [1.82, 2.24) is 0 Å². The Morgan fingerprint density at radius 3 is 2.80 bits per heavy atom. The lowest BCUT2D eigenvalue weighted by molar-refractivity contribution is -0.287. The van der Waals surface area contributed by atoms with Crippen molar-refractivity contribution < 1.29 is 27.8 Å². The standard InChI is InChI=1S/C12H13F2NO4.ClH/c1-2-17-10(16)6-8(15)7-4-3-5-9-11(7)19-12(13,14)18-9;/h3-5,8H,2,6,15H2,1H3;1H/t8-;/m0./s1. The lowest BCUT2D eigenvalue weighted by Crippen LogP contribution is -2.26. The highest BCUT2D eigenvalue weighted by atomic mass is 35.5. The minimum Gasteiger partial charge on any atom is -0.466 e. The third kappa shape index (κ3) is 3.49. The highest BCUT2D eigenvalue weighted by molar-refractivity contribution is 5.85. The minimum absolute atomic E-state index is 0. The van der Waals surface area contributed by atoms with Gasteiger partial charge in [-0.05, 0) is 13.0 Å². The number of carbonyl (C=O) groups excluding carboxylic acids is 1. The minimum atomic E-state index is -3.71. The number of para-hydroxylation sites is 1. The Kier molecular flexibility index (Phi) is 5.13. The number of rotatable bonds is 4. The third-order valence-electron chi connectivity index (χ3n) is 2.55. The Morgan fingerprint density at radius 1 is 1.45 bits per heavy atom. The second-order valence-electron chi connectivity index (χ2n) is 3.96. The molecule has 0 fully saturated rings. The summed E-state index contributed by atoms with van der Waals surface area (Å²) in [6.45, 7) is 1.90. The van der Waals surface area contributed by atoms with Crippen molar-refractivity contribution in [1.29, 1.82) is 0 Å². The highest BCUT2D eigenvalue weighted by Crippen LogP contribution is 2.45. The Hall–Kier alpha value is -1.60. The van der Waals surface area contributed by atoms with Gasteiger partial charge in [0.15, 0.2) is 11.5 Å². The molecule has 0 amide bonds. The summed E-state index contributed by atoms with van der Waals surface area (Å²) in [7, 11) is 0. The van der Waals surface area contributed by atoms with E-state index in [2.05, 4.69) is 9.47 Å². The first-order chi connectivity index (χ1) is 8.93. The molecule has 2 N–H and O–H groups in total. The van der Waals surface area contributed by atoms with Crippen LogP contribution in [0.3, 0.4) is 0 Å². The van der Waals surface area contributed by atoms with Crippen LogP contribution in [0.2, 0.25) is 0 Å². The molecule has 1 aliphatic rings. The van der Waals surface area contributed by atoms with Gasteiger partial charge in [0.2, 0.25) is 0 Å². The van der Waals surface area contributed by atoms with E-state index in [0.717, 1.165) is 0 Å². The van der Waals surface area contributed by atoms with Gasteiger partial charge in [-0.25, -0.2) is 0 Å². The van der Waals surface area contributed by atoms with Crippen molar-refractivity contribution >= 4 is 18.4 Å². The second-order valence-corrected chi connectivity index (χ2v) is 3.96. The van der Waals surface area contributed by atoms with E-state index in [1.54, 1.807) is 6.92 Å². The molecule has 1 aliphatic heterocycles. The van der Waals surface area contributed by atoms with E-state index < -0.39 is 18.3 Å². The maximum atomic E-state index is 13.0. The second kappa shape index (κ2) is 6.23. The summed E-state index contributed by atoms with van der Waals surface area (Å²) < 4.78 is 39.4. The topological polar surface area (TPSA) is 70.8 Å². The summed E-state index contributed by atoms with van der Waals surface area (Å²) in [5.41, 5.74) is 6.09. The van der Waals surface area contributed by atoms with Crippen LogP contribution < -0.4 is 15.2 Å². The first kappa shape index (κ1) is 16.5. The third-order valence-corrected chi connectivity index (χ3v) is 2.55. The van der Waals surface area contributed by atoms with Crippen LogP contribution in [0.4, 0.5) is 8.78 Å². The number of ether oxygens (including phenoxy) is 3. The Balaban J connectivity index is 0.00000200. The lowest BCUT2D eigenvalue weighted by atomic mass is 10.0. The zero-order valence-corrected chi connectivity index (χ0v) is 11.4. The molecule has 0 spiro atoms. The van der Waals surface area contributed by atoms with E-state index in [1.165, 1.54) is 18.2 Å². The number of alkyl halides is 2. The van der Waals surface area contributed by atoms with E-state index in [1.807, 2.05) is 0 Å². The molecule has 5 nitrogen and oxygen atoms in total. The normalized spacial score (nSPS) is 16.2. The van der Waals surface area contributed by atoms with Crippen LogP contribution in [0, 0.1) is 0 Å². The van der Waals surface area contributed by atoms with E-state index in [0.29, 0.717) is 0 Å². The molecule has 0 aliphatic carbocycles. The van der Waals surface area contributed by atoms with Crippen LogP contribution in [0.1, 0.15) is 24.9 Å². The number of fused-ring (bicyclic) bond motifs is 1. The number of carbonyl (C=O) groups is 1. The molecule has 112 valence electrons. The summed E-state index contributed by atoms with van der Waals surface area (Å²) in [5.74, 6) is -0.732. The van der Waals surface area contributed by atoms with E-state index >= 15 is 0 Å². The fourth-order valence-electron chi connectivity index (χ4n) is 1.79. The van der Waals surface area contributed by atoms with Crippen molar-refractivity contribution in [3.8, 4) is 11.5 Å². The number of hydrogen-bond acceptors (Lipinski definition) is 5. The molecule has 1 aromatic rings. The largest absolute Gasteiger partial charge is 0.586 e. The van der Waals surface area contributed by atoms with E-state index in [4.69, 9.17) is 10.5 Å². The van der Waals surface area contributed by atoms with Gasteiger partial charge in [0.25, 0.3) is 0 Å². The molecule has 0 unspecified atom stereocenters. The Bertz CT molecular complexity index is 498. The quantitative estimate of drug-likeness (QED) is 0.865. The fraction of sp³-hybridized carbons (Fsp3) is 0.417. The van der Waals surface area contributed by atoms with Crippen LogP contribution in [0.15, 0.2) is 18.2 Å². The summed E-state index contributed by atoms with van der Waals surface area (Å²) in [4.78, 5) is 11.3. The smallest absolute Gasteiger partial charge is 0.466 e. The van der Waals surface area contributed by atoms with Crippen LogP contribution in [-0.2, 0) is 9.53 Å². The van der Waals surface area contributed by atoms with Crippen LogP contribution in [0.5, 0.6) is 11.5 Å². The molecule has 1 heterocycles. The van der Waals surface area contributed by atoms with E-state index in [9.17, 15) is 13.6 Å². The number of hydrogen-bond donors (Lipinski definition) is 1. The van der Waals surface area contributed by atoms with Gasteiger partial charge in [-0.15, -0.1) is 21.2 Å². The van der Waals surface area contributed by atoms with Crippen molar-refractivity contribution in [2.75, 3.05) is 6.61 Å². The van der Waals surface area contributed by atoms with Crippen LogP contribution >= 0.6 is 12.4 Å². The molecule has 8 heteroatoms. The Morgan fingerprint density at radius 2 is 2.15 bits per heavy atom. The van der Waals surface area contributed by atoms with Crippen molar-refractivity contribution in [3.63, 3.8) is 0 Å². The molecular weight excluding hydrogens is 296 g/mol. The molecule has 20 heavy (non-hydrogen) atoms. The van der Waals surface area contributed by atoms with Crippen molar-refractivity contribution in [2.24, 2.45) is 5.73 Å². The van der Waals surface area contributed by atoms with Gasteiger partial charge in [0.05, 0.1) is 13.0 Å². The predicted octanol–water partition coefficient (Wildman–Crippen LogP) is 2.38. The molecule has 0 radical (unpaired) electrons. The van der Waals surface area contributed by atoms with Gasteiger partial charge in [-0.2, -0.15) is 0 Å². The van der Waals surface area contributed by atoms with Crippen LogP contribution in [0.25, 0.3) is 0 Å². The van der Waals surface area contributed by atoms with Gasteiger partial charge >= 0.3 is 12.3 Å².